The normalized spacial score (nSPS) is 10.4. The lowest BCUT2D eigenvalue weighted by Gasteiger charge is -2.09. The first-order valence-corrected chi connectivity index (χ1v) is 6.76. The second-order valence-electron chi connectivity index (χ2n) is 4.44. The number of amides is 1. The third-order valence-corrected chi connectivity index (χ3v) is 2.80. The topological polar surface area (TPSA) is 47.6 Å². The van der Waals surface area contributed by atoms with Crippen LogP contribution in [0, 0.1) is 5.82 Å². The molecule has 2 aromatic carbocycles. The van der Waals surface area contributed by atoms with Crippen LogP contribution in [-0.2, 0) is 0 Å². The molecule has 0 saturated heterocycles. The molecule has 122 valence electrons. The Bertz CT molecular complexity index is 665. The minimum absolute atomic E-state index is 0.0693. The van der Waals surface area contributed by atoms with E-state index in [9.17, 15) is 18.0 Å². The summed E-state index contributed by atoms with van der Waals surface area (Å²) in [6, 6.07) is 11.3. The summed E-state index contributed by atoms with van der Waals surface area (Å²) in [5.41, 5.74) is 0.175. The first kappa shape index (κ1) is 16.7. The number of benzene rings is 2. The summed E-state index contributed by atoms with van der Waals surface area (Å²) in [5.74, 6) is -0.970. The molecule has 0 radical (unpaired) electrons. The van der Waals surface area contributed by atoms with Crippen molar-refractivity contribution in [2.45, 2.75) is 6.61 Å². The Balaban J connectivity index is 1.82. The molecule has 0 bridgehead atoms. The van der Waals surface area contributed by atoms with Crippen molar-refractivity contribution < 1.29 is 27.4 Å². The van der Waals surface area contributed by atoms with Crippen molar-refractivity contribution in [3.05, 3.63) is 59.9 Å². The summed E-state index contributed by atoms with van der Waals surface area (Å²) < 4.78 is 47.0. The molecule has 7 heteroatoms. The molecule has 0 aliphatic rings. The maximum Gasteiger partial charge on any atom is 0.387 e. The SMILES string of the molecule is O=C(NCCOc1ccccc1F)c1cccc(OC(F)F)c1. The summed E-state index contributed by atoms with van der Waals surface area (Å²) >= 11 is 0. The zero-order valence-electron chi connectivity index (χ0n) is 12.0. The fourth-order valence-electron chi connectivity index (χ4n) is 1.80. The quantitative estimate of drug-likeness (QED) is 0.795. The van der Waals surface area contributed by atoms with E-state index in [0.717, 1.165) is 0 Å². The van der Waals surface area contributed by atoms with Gasteiger partial charge in [-0.2, -0.15) is 8.78 Å². The number of rotatable bonds is 7. The van der Waals surface area contributed by atoms with Gasteiger partial charge >= 0.3 is 6.61 Å². The molecule has 23 heavy (non-hydrogen) atoms. The van der Waals surface area contributed by atoms with Crippen LogP contribution in [0.25, 0.3) is 0 Å². The van der Waals surface area contributed by atoms with Crippen molar-refractivity contribution in [3.63, 3.8) is 0 Å². The minimum Gasteiger partial charge on any atom is -0.489 e. The Morgan fingerprint density at radius 3 is 2.65 bits per heavy atom. The van der Waals surface area contributed by atoms with Crippen LogP contribution in [0.3, 0.4) is 0 Å². The Morgan fingerprint density at radius 1 is 1.13 bits per heavy atom. The smallest absolute Gasteiger partial charge is 0.387 e. The number of hydrogen-bond donors (Lipinski definition) is 1. The summed E-state index contributed by atoms with van der Waals surface area (Å²) in [6.07, 6.45) is 0. The fraction of sp³-hybridized carbons (Fsp3) is 0.188. The van der Waals surface area contributed by atoms with E-state index in [0.29, 0.717) is 0 Å². The van der Waals surface area contributed by atoms with Crippen LogP contribution >= 0.6 is 0 Å². The second-order valence-corrected chi connectivity index (χ2v) is 4.44. The third-order valence-electron chi connectivity index (χ3n) is 2.80. The zero-order valence-corrected chi connectivity index (χ0v) is 12.0. The summed E-state index contributed by atoms with van der Waals surface area (Å²) in [7, 11) is 0. The first-order chi connectivity index (χ1) is 11.1. The summed E-state index contributed by atoms with van der Waals surface area (Å²) in [6.45, 7) is -2.75. The molecule has 0 spiro atoms. The van der Waals surface area contributed by atoms with Crippen LogP contribution in [-0.4, -0.2) is 25.7 Å². The van der Waals surface area contributed by atoms with Crippen molar-refractivity contribution in [1.29, 1.82) is 0 Å². The Labute approximate surface area is 130 Å². The van der Waals surface area contributed by atoms with Crippen molar-refractivity contribution in [2.24, 2.45) is 0 Å². The molecule has 4 nitrogen and oxygen atoms in total. The first-order valence-electron chi connectivity index (χ1n) is 6.76. The van der Waals surface area contributed by atoms with Crippen LogP contribution in [0.2, 0.25) is 0 Å². The molecular formula is C16H14F3NO3. The van der Waals surface area contributed by atoms with E-state index in [4.69, 9.17) is 4.74 Å². The number of alkyl halides is 2. The van der Waals surface area contributed by atoms with E-state index >= 15 is 0 Å². The van der Waals surface area contributed by atoms with E-state index in [2.05, 4.69) is 10.1 Å². The fourth-order valence-corrected chi connectivity index (χ4v) is 1.80. The lowest BCUT2D eigenvalue weighted by molar-refractivity contribution is -0.0498. The highest BCUT2D eigenvalue weighted by atomic mass is 19.3. The molecule has 0 aliphatic carbocycles. The molecule has 1 N–H and O–H groups in total. The number of carbonyl (C=O) groups excluding carboxylic acids is 1. The number of ether oxygens (including phenoxy) is 2. The molecule has 2 rings (SSSR count). The number of carbonyl (C=O) groups is 1. The minimum atomic E-state index is -2.96. The van der Waals surface area contributed by atoms with Gasteiger partial charge < -0.3 is 14.8 Å². The predicted molar refractivity (Wildman–Crippen MR) is 77.3 cm³/mol. The van der Waals surface area contributed by atoms with Crippen molar-refractivity contribution in [1.82, 2.24) is 5.32 Å². The number of halogens is 3. The maximum absolute atomic E-state index is 13.3. The standard InChI is InChI=1S/C16H14F3NO3/c17-13-6-1-2-7-14(13)22-9-8-20-15(21)11-4-3-5-12(10-11)23-16(18)19/h1-7,10,16H,8-9H2,(H,20,21). The molecule has 0 saturated carbocycles. The van der Waals surface area contributed by atoms with Gasteiger partial charge in [-0.25, -0.2) is 4.39 Å². The average molecular weight is 325 g/mol. The largest absolute Gasteiger partial charge is 0.489 e. The van der Waals surface area contributed by atoms with Crippen LogP contribution in [0.15, 0.2) is 48.5 Å². The summed E-state index contributed by atoms with van der Waals surface area (Å²) in [5, 5.41) is 2.54. The summed E-state index contributed by atoms with van der Waals surface area (Å²) in [4.78, 5) is 11.9. The van der Waals surface area contributed by atoms with Gasteiger partial charge in [0.15, 0.2) is 11.6 Å². The van der Waals surface area contributed by atoms with Crippen LogP contribution in [0.5, 0.6) is 11.5 Å². The van der Waals surface area contributed by atoms with Gasteiger partial charge in [0, 0.05) is 5.56 Å². The van der Waals surface area contributed by atoms with Gasteiger partial charge in [-0.05, 0) is 30.3 Å². The van der Waals surface area contributed by atoms with Crippen molar-refractivity contribution >= 4 is 5.91 Å². The Morgan fingerprint density at radius 2 is 1.91 bits per heavy atom. The van der Waals surface area contributed by atoms with Gasteiger partial charge in [0.1, 0.15) is 12.4 Å². The van der Waals surface area contributed by atoms with Gasteiger partial charge in [-0.15, -0.1) is 0 Å². The van der Waals surface area contributed by atoms with Crippen molar-refractivity contribution in [3.8, 4) is 11.5 Å². The number of hydrogen-bond acceptors (Lipinski definition) is 3. The molecule has 0 fully saturated rings. The molecule has 1 amide bonds. The van der Waals surface area contributed by atoms with Crippen LogP contribution < -0.4 is 14.8 Å². The number of nitrogens with one attached hydrogen (secondary N) is 1. The molecule has 0 unspecified atom stereocenters. The molecule has 0 aromatic heterocycles. The highest BCUT2D eigenvalue weighted by Crippen LogP contribution is 2.16. The van der Waals surface area contributed by atoms with E-state index < -0.39 is 18.3 Å². The molecule has 0 atom stereocenters. The van der Waals surface area contributed by atoms with Gasteiger partial charge in [-0.1, -0.05) is 18.2 Å². The molecule has 0 heterocycles. The lowest BCUT2D eigenvalue weighted by Crippen LogP contribution is -2.28. The predicted octanol–water partition coefficient (Wildman–Crippen LogP) is 3.24. The lowest BCUT2D eigenvalue weighted by atomic mass is 10.2. The maximum atomic E-state index is 13.3. The second kappa shape index (κ2) is 8.07. The van der Waals surface area contributed by atoms with E-state index in [1.807, 2.05) is 0 Å². The van der Waals surface area contributed by atoms with Gasteiger partial charge in [-0.3, -0.25) is 4.79 Å². The van der Waals surface area contributed by atoms with Gasteiger partial charge in [0.05, 0.1) is 6.54 Å². The highest BCUT2D eigenvalue weighted by molar-refractivity contribution is 5.94. The van der Waals surface area contributed by atoms with Gasteiger partial charge in [0.25, 0.3) is 5.91 Å². The van der Waals surface area contributed by atoms with E-state index in [1.54, 1.807) is 12.1 Å². The molecular weight excluding hydrogens is 311 g/mol. The molecule has 2 aromatic rings. The van der Waals surface area contributed by atoms with E-state index in [1.165, 1.54) is 36.4 Å². The monoisotopic (exact) mass is 325 g/mol. The van der Waals surface area contributed by atoms with Gasteiger partial charge in [0.2, 0.25) is 0 Å². The number of para-hydroxylation sites is 1. The highest BCUT2D eigenvalue weighted by Gasteiger charge is 2.09. The van der Waals surface area contributed by atoms with Crippen LogP contribution in [0.4, 0.5) is 13.2 Å². The third kappa shape index (κ3) is 5.21. The Hall–Kier alpha value is -2.70. The zero-order chi connectivity index (χ0) is 16.7. The van der Waals surface area contributed by atoms with E-state index in [-0.39, 0.29) is 30.2 Å². The molecule has 0 aliphatic heterocycles. The van der Waals surface area contributed by atoms with Crippen molar-refractivity contribution in [2.75, 3.05) is 13.2 Å². The Kier molecular flexibility index (Phi) is 5.85. The average Bonchev–Trinajstić information content (AvgIpc) is 2.52. The van der Waals surface area contributed by atoms with Crippen LogP contribution in [0.1, 0.15) is 10.4 Å².